The summed E-state index contributed by atoms with van der Waals surface area (Å²) in [5, 5.41) is 3.15. The molecule has 0 amide bonds. The van der Waals surface area contributed by atoms with E-state index in [1.54, 1.807) is 11.3 Å². The first-order chi connectivity index (χ1) is 6.77. The maximum atomic E-state index is 5.49. The van der Waals surface area contributed by atoms with E-state index in [0.717, 1.165) is 30.0 Å². The monoisotopic (exact) mass is 211 g/mol. The Hall–Kier alpha value is -0.710. The van der Waals surface area contributed by atoms with Crippen molar-refractivity contribution in [2.24, 2.45) is 5.84 Å². The number of nitrogens with zero attached hydrogens (tertiary/aromatic N) is 1. The lowest BCUT2D eigenvalue weighted by atomic mass is 10.1. The molecule has 0 fully saturated rings. The summed E-state index contributed by atoms with van der Waals surface area (Å²) in [6.07, 6.45) is 5.06. The van der Waals surface area contributed by atoms with Crippen LogP contribution in [0.2, 0.25) is 0 Å². The average molecular weight is 211 g/mol. The van der Waals surface area contributed by atoms with Gasteiger partial charge in [0.05, 0.1) is 16.7 Å². The van der Waals surface area contributed by atoms with Gasteiger partial charge in [0.1, 0.15) is 0 Å². The Morgan fingerprint density at radius 2 is 2.57 bits per heavy atom. The lowest BCUT2D eigenvalue weighted by Crippen LogP contribution is -2.28. The Labute approximate surface area is 89.0 Å². The van der Waals surface area contributed by atoms with Gasteiger partial charge in [-0.05, 0) is 26.2 Å². The Kier molecular flexibility index (Phi) is 4.79. The van der Waals surface area contributed by atoms with Crippen molar-refractivity contribution in [2.45, 2.75) is 32.2 Å². The number of allylic oxidation sites excluding steroid dienone is 1. The predicted molar refractivity (Wildman–Crippen MR) is 61.0 cm³/mol. The van der Waals surface area contributed by atoms with Gasteiger partial charge in [0.25, 0.3) is 0 Å². The molecule has 1 rings (SSSR count). The van der Waals surface area contributed by atoms with Crippen LogP contribution < -0.4 is 11.3 Å². The van der Waals surface area contributed by atoms with E-state index >= 15 is 0 Å². The zero-order valence-corrected chi connectivity index (χ0v) is 9.31. The van der Waals surface area contributed by atoms with Crippen LogP contribution in [-0.2, 0) is 0 Å². The molecule has 0 aliphatic carbocycles. The second-order valence-corrected chi connectivity index (χ2v) is 4.29. The molecule has 4 heteroatoms. The highest BCUT2D eigenvalue weighted by Gasteiger charge is 2.11. The van der Waals surface area contributed by atoms with Gasteiger partial charge in [-0.3, -0.25) is 11.3 Å². The Bertz CT molecular complexity index is 283. The number of thiazole rings is 1. The lowest BCUT2D eigenvalue weighted by molar-refractivity contribution is 0.491. The smallest absolute Gasteiger partial charge is 0.0898 e. The van der Waals surface area contributed by atoms with Crippen molar-refractivity contribution >= 4 is 11.3 Å². The number of aromatic nitrogens is 1. The van der Waals surface area contributed by atoms with Gasteiger partial charge >= 0.3 is 0 Å². The normalized spacial score (nSPS) is 12.7. The Morgan fingerprint density at radius 3 is 3.07 bits per heavy atom. The quantitative estimate of drug-likeness (QED) is 0.328. The van der Waals surface area contributed by atoms with Crippen LogP contribution >= 0.6 is 11.3 Å². The van der Waals surface area contributed by atoms with Crippen LogP contribution in [0.25, 0.3) is 0 Å². The summed E-state index contributed by atoms with van der Waals surface area (Å²) >= 11 is 1.66. The van der Waals surface area contributed by atoms with Crippen LogP contribution in [0, 0.1) is 6.92 Å². The van der Waals surface area contributed by atoms with Crippen molar-refractivity contribution in [3.05, 3.63) is 28.7 Å². The summed E-state index contributed by atoms with van der Waals surface area (Å²) in [6, 6.07) is 0.180. The first-order valence-electron chi connectivity index (χ1n) is 4.77. The van der Waals surface area contributed by atoms with E-state index < -0.39 is 0 Å². The fourth-order valence-corrected chi connectivity index (χ4v) is 1.99. The highest BCUT2D eigenvalue weighted by atomic mass is 32.1. The maximum absolute atomic E-state index is 5.49. The number of hydrogen-bond acceptors (Lipinski definition) is 4. The molecule has 3 N–H and O–H groups in total. The van der Waals surface area contributed by atoms with Crippen molar-refractivity contribution in [3.63, 3.8) is 0 Å². The molecule has 0 radical (unpaired) electrons. The van der Waals surface area contributed by atoms with Crippen LogP contribution in [0.3, 0.4) is 0 Å². The number of nitrogens with one attached hydrogen (secondary N) is 1. The summed E-state index contributed by atoms with van der Waals surface area (Å²) in [7, 11) is 0. The van der Waals surface area contributed by atoms with Gasteiger partial charge in [-0.15, -0.1) is 17.9 Å². The van der Waals surface area contributed by atoms with Crippen molar-refractivity contribution in [2.75, 3.05) is 0 Å². The number of nitrogens with two attached hydrogens (primary N) is 1. The molecule has 0 saturated carbocycles. The Balaban J connectivity index is 2.49. The number of aryl methyl sites for hydroxylation is 1. The topological polar surface area (TPSA) is 50.9 Å². The van der Waals surface area contributed by atoms with Gasteiger partial charge in [0, 0.05) is 5.38 Å². The summed E-state index contributed by atoms with van der Waals surface area (Å²) in [4.78, 5) is 4.41. The highest BCUT2D eigenvalue weighted by Crippen LogP contribution is 2.20. The molecule has 1 unspecified atom stereocenters. The van der Waals surface area contributed by atoms with Crippen molar-refractivity contribution < 1.29 is 0 Å². The van der Waals surface area contributed by atoms with Gasteiger partial charge in [-0.1, -0.05) is 6.08 Å². The number of unbranched alkanes of at least 4 members (excludes halogenated alkanes) is 1. The van der Waals surface area contributed by atoms with Gasteiger partial charge in [-0.25, -0.2) is 4.98 Å². The fourth-order valence-electron chi connectivity index (χ4n) is 1.32. The van der Waals surface area contributed by atoms with Crippen molar-refractivity contribution in [3.8, 4) is 0 Å². The molecule has 78 valence electrons. The second kappa shape index (κ2) is 5.90. The van der Waals surface area contributed by atoms with Crippen LogP contribution in [0.5, 0.6) is 0 Å². The molecule has 14 heavy (non-hydrogen) atoms. The SMILES string of the molecule is C=CCCCC(NN)c1csc(C)n1. The van der Waals surface area contributed by atoms with Crippen LogP contribution in [0.15, 0.2) is 18.0 Å². The highest BCUT2D eigenvalue weighted by molar-refractivity contribution is 7.09. The number of hydrogen-bond donors (Lipinski definition) is 2. The summed E-state index contributed by atoms with van der Waals surface area (Å²) in [5.74, 6) is 5.49. The summed E-state index contributed by atoms with van der Waals surface area (Å²) < 4.78 is 0. The van der Waals surface area contributed by atoms with E-state index in [0.29, 0.717) is 0 Å². The maximum Gasteiger partial charge on any atom is 0.0898 e. The van der Waals surface area contributed by atoms with E-state index in [-0.39, 0.29) is 6.04 Å². The molecule has 0 aliphatic heterocycles. The fraction of sp³-hybridized carbons (Fsp3) is 0.500. The molecule has 0 saturated heterocycles. The van der Waals surface area contributed by atoms with Gasteiger partial charge in [-0.2, -0.15) is 0 Å². The van der Waals surface area contributed by atoms with Gasteiger partial charge in [0.2, 0.25) is 0 Å². The van der Waals surface area contributed by atoms with Crippen LogP contribution in [0.4, 0.5) is 0 Å². The number of rotatable bonds is 6. The average Bonchev–Trinajstić information content (AvgIpc) is 2.60. The van der Waals surface area contributed by atoms with Crippen molar-refractivity contribution in [1.29, 1.82) is 0 Å². The molecule has 0 bridgehead atoms. The molecular weight excluding hydrogens is 194 g/mol. The summed E-state index contributed by atoms with van der Waals surface area (Å²) in [5.41, 5.74) is 3.86. The van der Waals surface area contributed by atoms with E-state index in [1.807, 2.05) is 13.0 Å². The summed E-state index contributed by atoms with van der Waals surface area (Å²) in [6.45, 7) is 5.70. The zero-order chi connectivity index (χ0) is 10.4. The van der Waals surface area contributed by atoms with E-state index in [2.05, 4.69) is 22.4 Å². The van der Waals surface area contributed by atoms with E-state index in [4.69, 9.17) is 5.84 Å². The molecule has 0 aliphatic rings. The van der Waals surface area contributed by atoms with E-state index in [1.165, 1.54) is 0 Å². The third-order valence-corrected chi connectivity index (χ3v) is 2.89. The molecule has 1 aromatic rings. The van der Waals surface area contributed by atoms with Crippen LogP contribution in [0.1, 0.15) is 36.0 Å². The third-order valence-electron chi connectivity index (χ3n) is 2.10. The predicted octanol–water partition coefficient (Wildman–Crippen LogP) is 2.31. The minimum atomic E-state index is 0.180. The first-order valence-corrected chi connectivity index (χ1v) is 5.65. The molecule has 1 atom stereocenters. The zero-order valence-electron chi connectivity index (χ0n) is 8.49. The van der Waals surface area contributed by atoms with Crippen molar-refractivity contribution in [1.82, 2.24) is 10.4 Å². The molecular formula is C10H17N3S. The minimum Gasteiger partial charge on any atom is -0.271 e. The number of hydrazine groups is 1. The molecule has 3 nitrogen and oxygen atoms in total. The second-order valence-electron chi connectivity index (χ2n) is 3.23. The lowest BCUT2D eigenvalue weighted by Gasteiger charge is -2.12. The minimum absolute atomic E-state index is 0.180. The van der Waals surface area contributed by atoms with Gasteiger partial charge < -0.3 is 0 Å². The van der Waals surface area contributed by atoms with Gasteiger partial charge in [0.15, 0.2) is 0 Å². The molecule has 0 aromatic carbocycles. The van der Waals surface area contributed by atoms with Crippen LogP contribution in [-0.4, -0.2) is 4.98 Å². The molecule has 1 aromatic heterocycles. The molecule has 1 heterocycles. The van der Waals surface area contributed by atoms with E-state index in [9.17, 15) is 0 Å². The first kappa shape index (κ1) is 11.4. The standard InChI is InChI=1S/C10H17N3S/c1-3-4-5-6-9(13-11)10-7-14-8(2)12-10/h3,7,9,13H,1,4-6,11H2,2H3. The Morgan fingerprint density at radius 1 is 1.79 bits per heavy atom. The third kappa shape index (κ3) is 3.21. The largest absolute Gasteiger partial charge is 0.271 e. The molecule has 0 spiro atoms.